The first-order chi connectivity index (χ1) is 11.6. The molecule has 0 unspecified atom stereocenters. The number of Topliss-reactive ketones (excluding diaryl/α,β-unsaturated/α-hetero) is 1. The summed E-state index contributed by atoms with van der Waals surface area (Å²) >= 11 is 3.39. The number of ether oxygens (including phenoxy) is 2. The third-order valence-electron chi connectivity index (χ3n) is 3.83. The Labute approximate surface area is 148 Å². The molecule has 0 fully saturated rings. The maximum atomic E-state index is 12.8. The van der Waals surface area contributed by atoms with Crippen molar-refractivity contribution < 1.29 is 19.1 Å². The smallest absolute Gasteiger partial charge is 0.342 e. The second kappa shape index (κ2) is 6.61. The van der Waals surface area contributed by atoms with Gasteiger partial charge >= 0.3 is 5.97 Å². The molecule has 1 aliphatic carbocycles. The number of methoxy groups -OCH3 is 1. The van der Waals surface area contributed by atoms with Crippen LogP contribution < -0.4 is 4.74 Å². The molecule has 3 rings (SSSR count). The normalized spacial score (nSPS) is 13.0. The Balaban J connectivity index is 2.22. The molecule has 0 heterocycles. The van der Waals surface area contributed by atoms with Crippen LogP contribution in [0.5, 0.6) is 5.75 Å². The third-order valence-corrected chi connectivity index (χ3v) is 4.36. The summed E-state index contributed by atoms with van der Waals surface area (Å²) in [5, 5.41) is 0. The van der Waals surface area contributed by atoms with E-state index in [1.54, 1.807) is 25.1 Å². The van der Waals surface area contributed by atoms with Gasteiger partial charge in [-0.3, -0.25) is 4.79 Å². The van der Waals surface area contributed by atoms with Crippen LogP contribution in [0.15, 0.2) is 52.5 Å². The highest BCUT2D eigenvalue weighted by Crippen LogP contribution is 2.39. The van der Waals surface area contributed by atoms with Gasteiger partial charge in [0.05, 0.1) is 13.7 Å². The van der Waals surface area contributed by atoms with E-state index in [1.807, 2.05) is 24.3 Å². The summed E-state index contributed by atoms with van der Waals surface area (Å²) in [6.07, 6.45) is 0. The highest BCUT2D eigenvalue weighted by atomic mass is 79.9. The van der Waals surface area contributed by atoms with E-state index in [0.717, 1.165) is 10.0 Å². The van der Waals surface area contributed by atoms with Crippen molar-refractivity contribution in [2.75, 3.05) is 13.7 Å². The van der Waals surface area contributed by atoms with Crippen LogP contribution in [-0.4, -0.2) is 25.5 Å². The van der Waals surface area contributed by atoms with Crippen LogP contribution in [0, 0.1) is 0 Å². The van der Waals surface area contributed by atoms with E-state index in [9.17, 15) is 9.59 Å². The zero-order valence-electron chi connectivity index (χ0n) is 13.3. The van der Waals surface area contributed by atoms with Crippen molar-refractivity contribution in [3.05, 3.63) is 69.2 Å². The standard InChI is InChI=1S/C19H15BrO4/c1-3-24-19(22)17-16(11-4-6-12(20)7-5-11)14-9-8-13(23-2)10-15(14)18(17)21/h4-10H,3H2,1-2H3. The summed E-state index contributed by atoms with van der Waals surface area (Å²) in [6.45, 7) is 1.93. The average Bonchev–Trinajstić information content (AvgIpc) is 2.88. The number of benzene rings is 2. The molecule has 0 saturated heterocycles. The Morgan fingerprint density at radius 3 is 2.42 bits per heavy atom. The second-order valence-corrected chi connectivity index (χ2v) is 6.13. The molecule has 1 aliphatic rings. The van der Waals surface area contributed by atoms with Gasteiger partial charge in [-0.15, -0.1) is 0 Å². The number of esters is 1. The van der Waals surface area contributed by atoms with Gasteiger partial charge in [-0.25, -0.2) is 4.79 Å². The SMILES string of the molecule is CCOC(=O)C1=C(c2ccc(Br)cc2)c2ccc(OC)cc2C1=O. The summed E-state index contributed by atoms with van der Waals surface area (Å²) in [6, 6.07) is 12.7. The van der Waals surface area contributed by atoms with Gasteiger partial charge in [0.15, 0.2) is 0 Å². The maximum Gasteiger partial charge on any atom is 0.342 e. The first-order valence-electron chi connectivity index (χ1n) is 7.47. The Kier molecular flexibility index (Phi) is 4.53. The lowest BCUT2D eigenvalue weighted by atomic mass is 9.97. The van der Waals surface area contributed by atoms with Gasteiger partial charge in [0.2, 0.25) is 5.78 Å². The first kappa shape index (κ1) is 16.5. The lowest BCUT2D eigenvalue weighted by Gasteiger charge is -2.08. The minimum atomic E-state index is -0.601. The number of halogens is 1. The average molecular weight is 387 g/mol. The molecule has 0 aromatic heterocycles. The van der Waals surface area contributed by atoms with Crippen LogP contribution in [0.2, 0.25) is 0 Å². The number of carbonyl (C=O) groups excluding carboxylic acids is 2. The molecule has 0 radical (unpaired) electrons. The van der Waals surface area contributed by atoms with Crippen molar-refractivity contribution in [2.24, 2.45) is 0 Å². The van der Waals surface area contributed by atoms with Crippen molar-refractivity contribution in [2.45, 2.75) is 6.92 Å². The monoisotopic (exact) mass is 386 g/mol. The van der Waals surface area contributed by atoms with Gasteiger partial charge in [0.25, 0.3) is 0 Å². The summed E-state index contributed by atoms with van der Waals surface area (Å²) in [5.74, 6) is -0.363. The van der Waals surface area contributed by atoms with E-state index < -0.39 is 5.97 Å². The van der Waals surface area contributed by atoms with Crippen LogP contribution in [0.3, 0.4) is 0 Å². The fraction of sp³-hybridized carbons (Fsp3) is 0.158. The zero-order chi connectivity index (χ0) is 17.3. The molecule has 0 saturated carbocycles. The van der Waals surface area contributed by atoms with E-state index in [4.69, 9.17) is 9.47 Å². The van der Waals surface area contributed by atoms with Crippen LogP contribution in [-0.2, 0) is 9.53 Å². The molecule has 0 atom stereocenters. The van der Waals surface area contributed by atoms with Crippen molar-refractivity contribution in [1.29, 1.82) is 0 Å². The van der Waals surface area contributed by atoms with Crippen LogP contribution in [0.1, 0.15) is 28.4 Å². The molecule has 0 bridgehead atoms. The molecular weight excluding hydrogens is 372 g/mol. The van der Waals surface area contributed by atoms with E-state index in [1.165, 1.54) is 7.11 Å². The van der Waals surface area contributed by atoms with Crippen molar-refractivity contribution in [3.8, 4) is 5.75 Å². The van der Waals surface area contributed by atoms with Gasteiger partial charge in [0.1, 0.15) is 11.3 Å². The van der Waals surface area contributed by atoms with Gasteiger partial charge in [0, 0.05) is 15.6 Å². The predicted molar refractivity (Wildman–Crippen MR) is 94.1 cm³/mol. The third kappa shape index (κ3) is 2.76. The Hall–Kier alpha value is -2.40. The molecule has 4 nitrogen and oxygen atoms in total. The number of rotatable bonds is 4. The molecule has 5 heteroatoms. The van der Waals surface area contributed by atoms with Crippen LogP contribution >= 0.6 is 15.9 Å². The quantitative estimate of drug-likeness (QED) is 0.588. The number of hydrogen-bond acceptors (Lipinski definition) is 4. The van der Waals surface area contributed by atoms with Crippen molar-refractivity contribution >= 4 is 33.3 Å². The predicted octanol–water partition coefficient (Wildman–Crippen LogP) is 4.02. The molecule has 122 valence electrons. The van der Waals surface area contributed by atoms with Crippen molar-refractivity contribution in [3.63, 3.8) is 0 Å². The van der Waals surface area contributed by atoms with Crippen LogP contribution in [0.25, 0.3) is 5.57 Å². The molecule has 2 aromatic rings. The topological polar surface area (TPSA) is 52.6 Å². The molecule has 2 aromatic carbocycles. The number of carbonyl (C=O) groups is 2. The molecule has 24 heavy (non-hydrogen) atoms. The summed E-state index contributed by atoms with van der Waals surface area (Å²) in [7, 11) is 1.54. The fourth-order valence-corrected chi connectivity index (χ4v) is 3.02. The van der Waals surface area contributed by atoms with Gasteiger partial charge in [-0.1, -0.05) is 28.1 Å². The summed E-state index contributed by atoms with van der Waals surface area (Å²) < 4.78 is 11.2. The van der Waals surface area contributed by atoms with E-state index in [0.29, 0.717) is 22.4 Å². The van der Waals surface area contributed by atoms with E-state index in [2.05, 4.69) is 15.9 Å². The summed E-state index contributed by atoms with van der Waals surface area (Å²) in [4.78, 5) is 25.2. The molecule has 0 spiro atoms. The lowest BCUT2D eigenvalue weighted by Crippen LogP contribution is -2.14. The van der Waals surface area contributed by atoms with Crippen LogP contribution in [0.4, 0.5) is 0 Å². The number of fused-ring (bicyclic) bond motifs is 1. The van der Waals surface area contributed by atoms with E-state index in [-0.39, 0.29) is 18.0 Å². The Morgan fingerprint density at radius 2 is 1.79 bits per heavy atom. The minimum Gasteiger partial charge on any atom is -0.497 e. The largest absolute Gasteiger partial charge is 0.497 e. The number of ketones is 1. The summed E-state index contributed by atoms with van der Waals surface area (Å²) in [5.41, 5.74) is 2.63. The Morgan fingerprint density at radius 1 is 1.08 bits per heavy atom. The first-order valence-corrected chi connectivity index (χ1v) is 8.26. The molecular formula is C19H15BrO4. The maximum absolute atomic E-state index is 12.8. The second-order valence-electron chi connectivity index (χ2n) is 5.22. The lowest BCUT2D eigenvalue weighted by molar-refractivity contribution is -0.137. The minimum absolute atomic E-state index is 0.0717. The van der Waals surface area contributed by atoms with Gasteiger partial charge < -0.3 is 9.47 Å². The number of hydrogen-bond donors (Lipinski definition) is 0. The van der Waals surface area contributed by atoms with Gasteiger partial charge in [-0.05, 0) is 48.4 Å². The van der Waals surface area contributed by atoms with Gasteiger partial charge in [-0.2, -0.15) is 0 Å². The zero-order valence-corrected chi connectivity index (χ0v) is 14.8. The molecule has 0 aliphatic heterocycles. The Bertz CT molecular complexity index is 850. The fourth-order valence-electron chi connectivity index (χ4n) is 2.75. The highest BCUT2D eigenvalue weighted by Gasteiger charge is 2.35. The highest BCUT2D eigenvalue weighted by molar-refractivity contribution is 9.10. The molecule has 0 N–H and O–H groups in total. The van der Waals surface area contributed by atoms with E-state index >= 15 is 0 Å². The molecule has 0 amide bonds. The van der Waals surface area contributed by atoms with Crippen molar-refractivity contribution in [1.82, 2.24) is 0 Å².